The van der Waals surface area contributed by atoms with Crippen molar-refractivity contribution in [2.24, 2.45) is 50.9 Å². The highest BCUT2D eigenvalue weighted by atomic mass is 16.7. The van der Waals surface area contributed by atoms with E-state index in [4.69, 9.17) is 23.9 Å². The molecule has 4 fully saturated rings. The van der Waals surface area contributed by atoms with Gasteiger partial charge in [-0.3, -0.25) is 14.6 Å². The van der Waals surface area contributed by atoms with Crippen molar-refractivity contribution < 1.29 is 53.8 Å². The van der Waals surface area contributed by atoms with Gasteiger partial charge in [0, 0.05) is 118 Å². The second-order valence-corrected chi connectivity index (χ2v) is 24.4. The monoisotopic (exact) mass is 1050 g/mol. The Kier molecular flexibility index (Phi) is 16.1. The van der Waals surface area contributed by atoms with Gasteiger partial charge in [0.2, 0.25) is 0 Å². The van der Waals surface area contributed by atoms with Crippen molar-refractivity contribution in [3.05, 3.63) is 58.0 Å². The number of ketones is 1. The highest BCUT2D eigenvalue weighted by Gasteiger charge is 2.51. The fourth-order valence-electron chi connectivity index (χ4n) is 13.6. The lowest BCUT2D eigenvalue weighted by Gasteiger charge is -2.38. The van der Waals surface area contributed by atoms with Gasteiger partial charge in [0.05, 0.1) is 41.2 Å². The Hall–Kier alpha value is -5.07. The number of Topliss-reactive ketones (excluding diaryl/α,β-unsaturated/α-hetero) is 1. The average Bonchev–Trinajstić information content (AvgIpc) is 4.26. The fraction of sp³-hybridized carbons (Fsp3) is 0.678. The zero-order chi connectivity index (χ0) is 54.6. The molecular weight excluding hydrogens is 969 g/mol. The number of piperidine rings is 1. The number of phenolic OH excluding ortho intramolecular Hbond substituents is 2. The van der Waals surface area contributed by atoms with E-state index in [0.29, 0.717) is 37.5 Å². The van der Waals surface area contributed by atoms with Crippen LogP contribution in [0.3, 0.4) is 0 Å². The quantitative estimate of drug-likeness (QED) is 0.180. The number of fused-ring (bicyclic) bond motifs is 13. The van der Waals surface area contributed by atoms with Gasteiger partial charge >= 0.3 is 11.9 Å². The summed E-state index contributed by atoms with van der Waals surface area (Å²) in [5.74, 6) is -5.34. The Balaban J connectivity index is 1.06. The number of anilines is 1. The molecule has 8 aliphatic rings. The third-order valence-electron chi connectivity index (χ3n) is 18.3. The fourth-order valence-corrected chi connectivity index (χ4v) is 13.6. The van der Waals surface area contributed by atoms with Crippen LogP contribution in [0, 0.1) is 47.8 Å². The minimum atomic E-state index is -1.97. The van der Waals surface area contributed by atoms with E-state index < -0.39 is 83.1 Å². The van der Waals surface area contributed by atoms with Gasteiger partial charge in [0.1, 0.15) is 34.0 Å². The van der Waals surface area contributed by atoms with Crippen molar-refractivity contribution in [1.82, 2.24) is 14.7 Å². The number of rotatable bonds is 6. The van der Waals surface area contributed by atoms with Crippen molar-refractivity contribution in [2.45, 2.75) is 156 Å². The molecule has 416 valence electrons. The third kappa shape index (κ3) is 10.6. The van der Waals surface area contributed by atoms with Gasteiger partial charge in [-0.05, 0) is 64.0 Å². The number of carbonyl (C=O) groups is 3. The molecule has 0 radical (unpaired) electrons. The number of hydrogen-bond acceptors (Lipinski definition) is 15. The van der Waals surface area contributed by atoms with E-state index in [1.807, 2.05) is 25.7 Å². The second-order valence-electron chi connectivity index (χ2n) is 24.4. The molecule has 17 nitrogen and oxygen atoms in total. The summed E-state index contributed by atoms with van der Waals surface area (Å²) in [6, 6.07) is 0. The number of benzene rings is 2. The molecule has 2 aromatic rings. The number of phenols is 2. The Morgan fingerprint density at radius 1 is 0.868 bits per heavy atom. The van der Waals surface area contributed by atoms with Crippen LogP contribution in [0.25, 0.3) is 10.8 Å². The molecule has 3 saturated heterocycles. The van der Waals surface area contributed by atoms with Crippen LogP contribution in [0.1, 0.15) is 129 Å². The van der Waals surface area contributed by atoms with Crippen molar-refractivity contribution in [3.8, 4) is 17.2 Å². The highest BCUT2D eigenvalue weighted by Crippen LogP contribution is 2.51. The second kappa shape index (κ2) is 22.0. The molecule has 1 aliphatic carbocycles. The summed E-state index contributed by atoms with van der Waals surface area (Å²) in [5, 5.41) is 51.9. The minimum absolute atomic E-state index is 0.00547. The number of aromatic hydroxyl groups is 2. The normalized spacial score (nSPS) is 34.2. The van der Waals surface area contributed by atoms with Crippen LogP contribution in [-0.2, 0) is 19.0 Å². The lowest BCUT2D eigenvalue weighted by molar-refractivity contribution is -0.114. The first kappa shape index (κ1) is 55.7. The van der Waals surface area contributed by atoms with E-state index in [2.05, 4.69) is 34.0 Å². The Morgan fingerprint density at radius 2 is 1.57 bits per heavy atom. The van der Waals surface area contributed by atoms with Crippen molar-refractivity contribution in [1.29, 1.82) is 0 Å². The number of methoxy groups -OCH3 is 1. The zero-order valence-corrected chi connectivity index (χ0v) is 46.6. The molecule has 1 unspecified atom stereocenters. The number of nitrogens with one attached hydrogen (secondary N) is 1. The summed E-state index contributed by atoms with van der Waals surface area (Å²) < 4.78 is 25.3. The van der Waals surface area contributed by atoms with E-state index in [-0.39, 0.29) is 55.1 Å². The van der Waals surface area contributed by atoms with Crippen LogP contribution < -0.4 is 20.8 Å². The molecule has 0 aromatic heterocycles. The van der Waals surface area contributed by atoms with Gasteiger partial charge in [-0.15, -0.1) is 0 Å². The first-order valence-electron chi connectivity index (χ1n) is 28.2. The Morgan fingerprint density at radius 3 is 2.26 bits per heavy atom. The standard InChI is InChI=1S/C59H84N6O11/c1-33(2)29-63-25-22-59(23-26-63)61-45-42-43-50(68)39(8)53-44(42)54(70)57(9,76-53)74-28-19-41(73-10)36(5)52(75-56(72)65-27-21-58(32-65)20-24-64(31-58)30-40-17-12-11-13-18-40)38(7)49(67)37(6)48(66)34(3)15-14-16-35(4)55(71)60-47(51(43)69)46(45)62-59/h14-16,19,28,33-34,36-38,40-41,48-49,52,61,66-69H,11-13,17-18,20-27,29-32H2,1-10H3/b15-14+,28-19+,35-16-,60-47?/t34-,36+,37+,38+,41-,48-,49+,52+,57-,58?/m0/s1. The number of aliphatic hydroxyl groups is 2. The summed E-state index contributed by atoms with van der Waals surface area (Å²) in [6.07, 6.45) is 13.2. The van der Waals surface area contributed by atoms with E-state index in [1.54, 1.807) is 45.1 Å². The Labute approximate surface area is 448 Å². The van der Waals surface area contributed by atoms with Crippen LogP contribution >= 0.6 is 0 Å². The lowest BCUT2D eigenvalue weighted by atomic mass is 9.78. The van der Waals surface area contributed by atoms with Gasteiger partial charge in [-0.25, -0.2) is 9.79 Å². The van der Waals surface area contributed by atoms with Gasteiger partial charge < -0.3 is 59.4 Å². The highest BCUT2D eigenvalue weighted by molar-refractivity contribution is 6.21. The van der Waals surface area contributed by atoms with Crippen LogP contribution in [0.4, 0.5) is 10.5 Å². The zero-order valence-electron chi connectivity index (χ0n) is 46.6. The molecule has 5 N–H and O–H groups in total. The maximum absolute atomic E-state index is 15.0. The molecule has 2 spiro atoms. The van der Waals surface area contributed by atoms with Crippen LogP contribution in [0.2, 0.25) is 0 Å². The maximum Gasteiger partial charge on any atom is 0.410 e. The predicted octanol–water partition coefficient (Wildman–Crippen LogP) is 7.30. The summed E-state index contributed by atoms with van der Waals surface area (Å²) in [5.41, 5.74) is -0.0813. The molecule has 7 aliphatic heterocycles. The van der Waals surface area contributed by atoms with Gasteiger partial charge in [0.25, 0.3) is 11.7 Å². The van der Waals surface area contributed by atoms with Crippen molar-refractivity contribution in [3.63, 3.8) is 0 Å². The molecule has 2 amide bonds. The van der Waals surface area contributed by atoms with Gasteiger partial charge in [-0.1, -0.05) is 79.0 Å². The first-order chi connectivity index (χ1) is 36.1. The molecule has 10 rings (SSSR count). The molecule has 7 heterocycles. The smallest absolute Gasteiger partial charge is 0.410 e. The van der Waals surface area contributed by atoms with Crippen molar-refractivity contribution >= 4 is 34.2 Å². The SMILES string of the molecule is CO[C@H]1/C=C/O[C@@]2(C)Oc3c(C)c(O)c4c(O)c(c5c(c4c3C2=O)NC2(CCN(CC(C)C)CC2)N=5)=NC(=O)/C(C)=C\C=C\[C@H](C)[C@H](O)[C@@H](C)[C@@H](O)[C@@H](C)[C@H](OC(=O)N2CCC3(CCN(CC4CCCCC4)C3)C2)[C@@H]1C. The summed E-state index contributed by atoms with van der Waals surface area (Å²) in [6.45, 7) is 22.9. The third-order valence-corrected chi connectivity index (χ3v) is 18.3. The van der Waals surface area contributed by atoms with Crippen molar-refractivity contribution in [2.75, 3.05) is 64.8 Å². The minimum Gasteiger partial charge on any atom is -0.507 e. The molecule has 10 atom stereocenters. The Bertz CT molecular complexity index is 2780. The van der Waals surface area contributed by atoms with E-state index in [9.17, 15) is 30.0 Å². The maximum atomic E-state index is 15.0. The molecule has 2 aromatic carbocycles. The molecule has 5 bridgehead atoms. The van der Waals surface area contributed by atoms with E-state index >= 15 is 4.79 Å². The number of likely N-dealkylation sites (tertiary alicyclic amines) is 3. The average molecular weight is 1050 g/mol. The van der Waals surface area contributed by atoms with Crippen LogP contribution in [-0.4, -0.2) is 148 Å². The lowest BCUT2D eigenvalue weighted by Crippen LogP contribution is -2.48. The number of carbonyl (C=O) groups excluding carboxylic acids is 3. The van der Waals surface area contributed by atoms with Gasteiger partial charge in [-0.2, -0.15) is 0 Å². The predicted molar refractivity (Wildman–Crippen MR) is 289 cm³/mol. The number of ether oxygens (including phenoxy) is 4. The molecule has 76 heavy (non-hydrogen) atoms. The molecule has 1 saturated carbocycles. The molecular formula is C59H84N6O11. The first-order valence-corrected chi connectivity index (χ1v) is 28.2. The molecule has 17 heteroatoms. The number of hydrogen-bond donors (Lipinski definition) is 5. The summed E-state index contributed by atoms with van der Waals surface area (Å²) in [4.78, 5) is 60.0. The summed E-state index contributed by atoms with van der Waals surface area (Å²) >= 11 is 0. The summed E-state index contributed by atoms with van der Waals surface area (Å²) in [7, 11) is 1.52. The number of amides is 2. The largest absolute Gasteiger partial charge is 0.507 e. The van der Waals surface area contributed by atoms with E-state index in [1.165, 1.54) is 52.4 Å². The van der Waals surface area contributed by atoms with Crippen LogP contribution in [0.5, 0.6) is 17.2 Å². The van der Waals surface area contributed by atoms with Gasteiger partial charge in [0.15, 0.2) is 5.75 Å². The van der Waals surface area contributed by atoms with Crippen LogP contribution in [0.15, 0.2) is 46.1 Å². The van der Waals surface area contributed by atoms with E-state index in [0.717, 1.165) is 58.0 Å². The number of allylic oxidation sites excluding steroid dienone is 2. The number of nitrogens with zero attached hydrogens (tertiary/aromatic N) is 5. The number of aliphatic hydroxyl groups excluding tert-OH is 2. The topological polar surface area (TPSA) is 216 Å².